The van der Waals surface area contributed by atoms with Crippen molar-refractivity contribution >= 4 is 56.0 Å². The lowest BCUT2D eigenvalue weighted by molar-refractivity contribution is 0.486. The monoisotopic (exact) mass is 469 g/mol. The van der Waals surface area contributed by atoms with Gasteiger partial charge in [0, 0.05) is 21.8 Å². The fraction of sp³-hybridized carbons (Fsp3) is 0.0417. The second-order valence-electron chi connectivity index (χ2n) is 6.88. The number of benzene rings is 4. The van der Waals surface area contributed by atoms with Crippen molar-refractivity contribution in [1.29, 1.82) is 0 Å². The van der Waals surface area contributed by atoms with Gasteiger partial charge < -0.3 is 4.18 Å². The van der Waals surface area contributed by atoms with Gasteiger partial charge in [-0.2, -0.15) is 8.42 Å². The average Bonchev–Trinajstić information content (AvgIpc) is 2.75. The molecule has 0 aliphatic carbocycles. The summed E-state index contributed by atoms with van der Waals surface area (Å²) in [6, 6.07) is 22.3. The molecule has 0 amide bonds. The molecule has 0 saturated heterocycles. The maximum absolute atomic E-state index is 12.8. The predicted octanol–water partition coefficient (Wildman–Crippen LogP) is 6.97. The number of nitrogens with zero attached hydrogens (tertiary/aromatic N) is 1. The van der Waals surface area contributed by atoms with Gasteiger partial charge >= 0.3 is 10.1 Å². The predicted molar refractivity (Wildman–Crippen MR) is 127 cm³/mol. The first-order valence-electron chi connectivity index (χ1n) is 9.35. The van der Waals surface area contributed by atoms with E-state index in [1.807, 2.05) is 49.4 Å². The van der Waals surface area contributed by atoms with Crippen LogP contribution in [0.1, 0.15) is 11.1 Å². The van der Waals surface area contributed by atoms with E-state index in [2.05, 4.69) is 4.99 Å². The van der Waals surface area contributed by atoms with E-state index >= 15 is 0 Å². The Morgan fingerprint density at radius 3 is 2.39 bits per heavy atom. The largest absolute Gasteiger partial charge is 0.378 e. The van der Waals surface area contributed by atoms with Crippen LogP contribution in [0.15, 0.2) is 88.8 Å². The van der Waals surface area contributed by atoms with Gasteiger partial charge in [0.05, 0.1) is 5.69 Å². The average molecular weight is 470 g/mol. The number of halogens is 2. The summed E-state index contributed by atoms with van der Waals surface area (Å²) in [6.07, 6.45) is 1.59. The zero-order valence-electron chi connectivity index (χ0n) is 16.4. The maximum atomic E-state index is 12.8. The third-order valence-electron chi connectivity index (χ3n) is 4.73. The van der Waals surface area contributed by atoms with E-state index < -0.39 is 10.1 Å². The van der Waals surface area contributed by atoms with E-state index in [1.54, 1.807) is 18.3 Å². The Balaban J connectivity index is 1.79. The lowest BCUT2D eigenvalue weighted by atomic mass is 10.0. The molecule has 0 heterocycles. The first-order chi connectivity index (χ1) is 14.8. The SMILES string of the molecule is Cc1ccc(N=Cc2c(OS(=O)(=O)c3ccc(Cl)cc3)ccc3ccccc23)cc1Cl. The van der Waals surface area contributed by atoms with Gasteiger partial charge in [-0.05, 0) is 65.7 Å². The minimum absolute atomic E-state index is 0.0123. The molecule has 0 atom stereocenters. The summed E-state index contributed by atoms with van der Waals surface area (Å²) < 4.78 is 31.2. The molecule has 0 aliphatic rings. The van der Waals surface area contributed by atoms with E-state index in [9.17, 15) is 8.42 Å². The van der Waals surface area contributed by atoms with Crippen molar-refractivity contribution in [2.24, 2.45) is 4.99 Å². The van der Waals surface area contributed by atoms with Crippen LogP contribution in [0, 0.1) is 6.92 Å². The van der Waals surface area contributed by atoms with Gasteiger partial charge in [0.2, 0.25) is 0 Å². The third kappa shape index (κ3) is 4.74. The van der Waals surface area contributed by atoms with E-state index in [1.165, 1.54) is 24.3 Å². The summed E-state index contributed by atoms with van der Waals surface area (Å²) in [7, 11) is -4.06. The zero-order valence-corrected chi connectivity index (χ0v) is 18.7. The Labute approximate surface area is 190 Å². The number of aliphatic imine (C=N–C) groups is 1. The van der Waals surface area contributed by atoms with Crippen molar-refractivity contribution in [1.82, 2.24) is 0 Å². The third-order valence-corrected chi connectivity index (χ3v) is 6.64. The molecule has 0 aliphatic heterocycles. The van der Waals surface area contributed by atoms with Gasteiger partial charge in [0.1, 0.15) is 4.90 Å². The molecular formula is C24H17Cl2NO3S. The number of fused-ring (bicyclic) bond motifs is 1. The molecule has 4 rings (SSSR count). The van der Waals surface area contributed by atoms with Crippen molar-refractivity contribution < 1.29 is 12.6 Å². The highest BCUT2D eigenvalue weighted by molar-refractivity contribution is 7.87. The van der Waals surface area contributed by atoms with E-state index in [4.69, 9.17) is 27.4 Å². The topological polar surface area (TPSA) is 55.7 Å². The Bertz CT molecular complexity index is 1400. The highest BCUT2D eigenvalue weighted by Gasteiger charge is 2.19. The van der Waals surface area contributed by atoms with Crippen LogP contribution in [0.3, 0.4) is 0 Å². The minimum atomic E-state index is -4.06. The molecule has 0 N–H and O–H groups in total. The molecule has 0 bridgehead atoms. The van der Waals surface area contributed by atoms with Crippen molar-refractivity contribution in [2.75, 3.05) is 0 Å². The van der Waals surface area contributed by atoms with Crippen molar-refractivity contribution in [3.05, 3.63) is 100 Å². The van der Waals surface area contributed by atoms with Crippen molar-refractivity contribution in [3.8, 4) is 5.75 Å². The van der Waals surface area contributed by atoms with Gasteiger partial charge in [-0.25, -0.2) is 0 Å². The first-order valence-corrected chi connectivity index (χ1v) is 11.5. The van der Waals surface area contributed by atoms with Gasteiger partial charge in [-0.15, -0.1) is 0 Å². The molecule has 0 unspecified atom stereocenters. The molecule has 0 spiro atoms. The zero-order chi connectivity index (χ0) is 22.0. The second-order valence-corrected chi connectivity index (χ2v) is 9.27. The summed E-state index contributed by atoms with van der Waals surface area (Å²) in [6.45, 7) is 1.91. The molecular weight excluding hydrogens is 453 g/mol. The fourth-order valence-corrected chi connectivity index (χ4v) is 4.30. The van der Waals surface area contributed by atoms with Crippen LogP contribution in [0.2, 0.25) is 10.0 Å². The smallest absolute Gasteiger partial charge is 0.339 e. The summed E-state index contributed by atoms with van der Waals surface area (Å²) >= 11 is 12.1. The van der Waals surface area contributed by atoms with Gasteiger partial charge in [0.15, 0.2) is 5.75 Å². The van der Waals surface area contributed by atoms with Gasteiger partial charge in [-0.1, -0.05) is 59.6 Å². The van der Waals surface area contributed by atoms with Crippen molar-refractivity contribution in [2.45, 2.75) is 11.8 Å². The highest BCUT2D eigenvalue weighted by atomic mass is 35.5. The highest BCUT2D eigenvalue weighted by Crippen LogP contribution is 2.30. The number of aryl methyl sites for hydroxylation is 1. The van der Waals surface area contributed by atoms with Gasteiger partial charge in [0.25, 0.3) is 0 Å². The van der Waals surface area contributed by atoms with E-state index in [0.29, 0.717) is 21.3 Å². The number of rotatable bonds is 5. The normalized spacial score (nSPS) is 11.8. The van der Waals surface area contributed by atoms with Crippen LogP contribution in [-0.2, 0) is 10.1 Å². The Morgan fingerprint density at radius 1 is 0.903 bits per heavy atom. The molecule has 4 aromatic carbocycles. The number of hydrogen-bond donors (Lipinski definition) is 0. The standard InChI is InChI=1S/C24H17Cl2NO3S/c1-16-6-10-19(14-23(16)26)27-15-22-21-5-3-2-4-17(21)7-13-24(22)30-31(28,29)20-11-8-18(25)9-12-20/h2-15H,1H3. The van der Waals surface area contributed by atoms with E-state index in [0.717, 1.165) is 16.3 Å². The van der Waals surface area contributed by atoms with Crippen LogP contribution in [0.5, 0.6) is 5.75 Å². The second kappa shape index (κ2) is 8.71. The summed E-state index contributed by atoms with van der Waals surface area (Å²) in [5, 5.41) is 2.79. The van der Waals surface area contributed by atoms with Crippen LogP contribution in [-0.4, -0.2) is 14.6 Å². The summed E-state index contributed by atoms with van der Waals surface area (Å²) in [4.78, 5) is 4.51. The summed E-state index contributed by atoms with van der Waals surface area (Å²) in [5.74, 6) is 0.176. The molecule has 0 radical (unpaired) electrons. The lowest BCUT2D eigenvalue weighted by Crippen LogP contribution is -2.11. The molecule has 4 nitrogen and oxygen atoms in total. The Morgan fingerprint density at radius 2 is 1.65 bits per heavy atom. The quantitative estimate of drug-likeness (QED) is 0.234. The molecule has 0 aromatic heterocycles. The first kappa shape index (κ1) is 21.4. The molecule has 0 saturated carbocycles. The van der Waals surface area contributed by atoms with Crippen LogP contribution in [0.4, 0.5) is 5.69 Å². The van der Waals surface area contributed by atoms with Crippen LogP contribution >= 0.6 is 23.2 Å². The van der Waals surface area contributed by atoms with Gasteiger partial charge in [-0.3, -0.25) is 4.99 Å². The maximum Gasteiger partial charge on any atom is 0.339 e. The lowest BCUT2D eigenvalue weighted by Gasteiger charge is -2.12. The molecule has 4 aromatic rings. The molecule has 31 heavy (non-hydrogen) atoms. The molecule has 0 fully saturated rings. The molecule has 7 heteroatoms. The van der Waals surface area contributed by atoms with Crippen molar-refractivity contribution in [3.63, 3.8) is 0 Å². The van der Waals surface area contributed by atoms with E-state index in [-0.39, 0.29) is 10.6 Å². The summed E-state index contributed by atoms with van der Waals surface area (Å²) in [5.41, 5.74) is 2.14. The molecule has 156 valence electrons. The minimum Gasteiger partial charge on any atom is -0.378 e. The Hall–Kier alpha value is -2.86. The fourth-order valence-electron chi connectivity index (χ4n) is 3.05. The number of hydrogen-bond acceptors (Lipinski definition) is 4. The van der Waals surface area contributed by atoms with Crippen LogP contribution < -0.4 is 4.18 Å². The Kier molecular flexibility index (Phi) is 6.01. The van der Waals surface area contributed by atoms with Crippen LogP contribution in [0.25, 0.3) is 10.8 Å².